The minimum Gasteiger partial charge on any atom is -0.328 e. The zero-order valence-electron chi connectivity index (χ0n) is 7.32. The van der Waals surface area contributed by atoms with Gasteiger partial charge in [0.05, 0.1) is 0 Å². The van der Waals surface area contributed by atoms with Gasteiger partial charge in [0.1, 0.15) is 5.69 Å². The molecule has 0 fully saturated rings. The van der Waals surface area contributed by atoms with Gasteiger partial charge in [-0.15, -0.1) is 0 Å². The molecular formula is C8H13N3O. The monoisotopic (exact) mass is 167 g/mol. The van der Waals surface area contributed by atoms with E-state index in [4.69, 9.17) is 5.73 Å². The van der Waals surface area contributed by atoms with Gasteiger partial charge in [0.2, 0.25) is 0 Å². The van der Waals surface area contributed by atoms with Gasteiger partial charge in [-0.05, 0) is 13.0 Å². The highest BCUT2D eigenvalue weighted by atomic mass is 16.1. The molecule has 0 radical (unpaired) electrons. The molecule has 1 heterocycles. The largest absolute Gasteiger partial charge is 0.328 e. The molecule has 1 rings (SSSR count). The van der Waals surface area contributed by atoms with Crippen LogP contribution in [0, 0.1) is 0 Å². The quantitative estimate of drug-likeness (QED) is 0.660. The lowest BCUT2D eigenvalue weighted by molar-refractivity contribution is 0.0971. The summed E-state index contributed by atoms with van der Waals surface area (Å²) in [6.45, 7) is 1.81. The van der Waals surface area contributed by atoms with Gasteiger partial charge in [0.25, 0.3) is 0 Å². The van der Waals surface area contributed by atoms with Gasteiger partial charge in [0.15, 0.2) is 5.78 Å². The van der Waals surface area contributed by atoms with E-state index in [1.807, 2.05) is 0 Å². The average molecular weight is 167 g/mol. The molecule has 0 saturated carbocycles. The number of Topliss-reactive ketones (excluding diaryl/α,β-unsaturated/α-hetero) is 1. The summed E-state index contributed by atoms with van der Waals surface area (Å²) in [5.41, 5.74) is 5.98. The predicted molar refractivity (Wildman–Crippen MR) is 45.8 cm³/mol. The summed E-state index contributed by atoms with van der Waals surface area (Å²) < 4.78 is 1.61. The Morgan fingerprint density at radius 2 is 2.50 bits per heavy atom. The molecule has 12 heavy (non-hydrogen) atoms. The van der Waals surface area contributed by atoms with Gasteiger partial charge in [-0.2, -0.15) is 5.10 Å². The first-order valence-electron chi connectivity index (χ1n) is 3.88. The lowest BCUT2D eigenvalue weighted by atomic mass is 10.1. The first-order valence-corrected chi connectivity index (χ1v) is 3.88. The van der Waals surface area contributed by atoms with E-state index in [-0.39, 0.29) is 11.8 Å². The zero-order valence-corrected chi connectivity index (χ0v) is 7.32. The molecule has 0 aliphatic carbocycles. The summed E-state index contributed by atoms with van der Waals surface area (Å²) in [6, 6.07) is 1.60. The number of ketones is 1. The van der Waals surface area contributed by atoms with Crippen molar-refractivity contribution in [3.05, 3.63) is 18.0 Å². The highest BCUT2D eigenvalue weighted by molar-refractivity contribution is 5.94. The van der Waals surface area contributed by atoms with E-state index in [2.05, 4.69) is 5.10 Å². The van der Waals surface area contributed by atoms with Crippen LogP contribution in [0.3, 0.4) is 0 Å². The Morgan fingerprint density at radius 3 is 2.92 bits per heavy atom. The Bertz CT molecular complexity index is 278. The van der Waals surface area contributed by atoms with Gasteiger partial charge in [-0.25, -0.2) is 0 Å². The van der Waals surface area contributed by atoms with Crippen LogP contribution >= 0.6 is 0 Å². The molecule has 1 aromatic heterocycles. The van der Waals surface area contributed by atoms with Crippen molar-refractivity contribution >= 4 is 5.78 Å². The molecule has 66 valence electrons. The number of carbonyl (C=O) groups is 1. The molecule has 1 atom stereocenters. The number of hydrogen-bond acceptors (Lipinski definition) is 3. The van der Waals surface area contributed by atoms with Crippen molar-refractivity contribution in [2.45, 2.75) is 19.4 Å². The molecule has 0 spiro atoms. The van der Waals surface area contributed by atoms with Crippen LogP contribution < -0.4 is 5.73 Å². The third-order valence-corrected chi connectivity index (χ3v) is 1.51. The van der Waals surface area contributed by atoms with E-state index in [0.717, 1.165) is 0 Å². The fourth-order valence-corrected chi connectivity index (χ4v) is 0.961. The van der Waals surface area contributed by atoms with Crippen molar-refractivity contribution in [1.29, 1.82) is 0 Å². The second kappa shape index (κ2) is 3.49. The second-order valence-electron chi connectivity index (χ2n) is 2.98. The third-order valence-electron chi connectivity index (χ3n) is 1.51. The number of carbonyl (C=O) groups excluding carboxylic acids is 1. The highest BCUT2D eigenvalue weighted by Gasteiger charge is 2.10. The van der Waals surface area contributed by atoms with Crippen LogP contribution in [0.1, 0.15) is 23.8 Å². The summed E-state index contributed by atoms with van der Waals surface area (Å²) in [6.07, 6.45) is 2.10. The number of hydrogen-bond donors (Lipinski definition) is 1. The molecule has 4 heteroatoms. The molecule has 0 amide bonds. The van der Waals surface area contributed by atoms with Crippen LogP contribution in [-0.4, -0.2) is 21.6 Å². The Kier molecular flexibility index (Phi) is 2.60. The molecule has 0 aliphatic heterocycles. The minimum atomic E-state index is -0.0977. The first-order chi connectivity index (χ1) is 5.59. The molecular weight excluding hydrogens is 154 g/mol. The second-order valence-corrected chi connectivity index (χ2v) is 2.98. The normalized spacial score (nSPS) is 12.9. The molecule has 0 aliphatic rings. The van der Waals surface area contributed by atoms with Crippen LogP contribution in [0.25, 0.3) is 0 Å². The van der Waals surface area contributed by atoms with Crippen LogP contribution in [0.2, 0.25) is 0 Å². The molecule has 1 unspecified atom stereocenters. The first kappa shape index (κ1) is 8.93. The van der Waals surface area contributed by atoms with Gasteiger partial charge >= 0.3 is 0 Å². The molecule has 1 aromatic rings. The Hall–Kier alpha value is -1.16. The van der Waals surface area contributed by atoms with E-state index >= 15 is 0 Å². The Labute approximate surface area is 71.4 Å². The summed E-state index contributed by atoms with van der Waals surface area (Å²) in [5.74, 6) is 0.00519. The van der Waals surface area contributed by atoms with E-state index in [9.17, 15) is 4.79 Å². The van der Waals surface area contributed by atoms with Crippen LogP contribution in [0.15, 0.2) is 12.3 Å². The number of aromatic nitrogens is 2. The number of nitrogens with zero attached hydrogens (tertiary/aromatic N) is 2. The van der Waals surface area contributed by atoms with Crippen molar-refractivity contribution in [3.63, 3.8) is 0 Å². The molecule has 0 aromatic carbocycles. The SMILES string of the molecule is CC(N)CC(=O)c1ccn(C)n1. The standard InChI is InChI=1S/C8H13N3O/c1-6(9)5-8(12)7-3-4-11(2)10-7/h3-4,6H,5,9H2,1-2H3. The lowest BCUT2D eigenvalue weighted by Crippen LogP contribution is -2.20. The van der Waals surface area contributed by atoms with Gasteiger partial charge in [0, 0.05) is 25.7 Å². The van der Waals surface area contributed by atoms with Gasteiger partial charge in [-0.3, -0.25) is 9.48 Å². The number of aryl methyl sites for hydroxylation is 1. The maximum Gasteiger partial charge on any atom is 0.184 e. The van der Waals surface area contributed by atoms with E-state index in [1.54, 1.807) is 30.9 Å². The summed E-state index contributed by atoms with van der Waals surface area (Å²) >= 11 is 0. The summed E-state index contributed by atoms with van der Waals surface area (Å²) in [4.78, 5) is 11.3. The topological polar surface area (TPSA) is 60.9 Å². The Morgan fingerprint density at radius 1 is 1.83 bits per heavy atom. The third kappa shape index (κ3) is 2.17. The minimum absolute atomic E-state index is 0.00519. The summed E-state index contributed by atoms with van der Waals surface area (Å²) in [7, 11) is 1.78. The van der Waals surface area contributed by atoms with E-state index in [1.165, 1.54) is 0 Å². The fourth-order valence-electron chi connectivity index (χ4n) is 0.961. The van der Waals surface area contributed by atoms with Gasteiger partial charge in [-0.1, -0.05) is 0 Å². The maximum atomic E-state index is 11.3. The zero-order chi connectivity index (χ0) is 9.14. The van der Waals surface area contributed by atoms with Crippen molar-refractivity contribution < 1.29 is 4.79 Å². The van der Waals surface area contributed by atoms with Crippen molar-refractivity contribution in [2.24, 2.45) is 12.8 Å². The fraction of sp³-hybridized carbons (Fsp3) is 0.500. The Balaban J connectivity index is 2.65. The predicted octanol–water partition coefficient (Wildman–Crippen LogP) is 0.340. The molecule has 2 N–H and O–H groups in total. The smallest absolute Gasteiger partial charge is 0.184 e. The molecule has 0 bridgehead atoms. The summed E-state index contributed by atoms with van der Waals surface area (Å²) in [5, 5.41) is 3.98. The average Bonchev–Trinajstić information content (AvgIpc) is 2.34. The number of nitrogens with two attached hydrogens (primary N) is 1. The van der Waals surface area contributed by atoms with Crippen molar-refractivity contribution in [3.8, 4) is 0 Å². The van der Waals surface area contributed by atoms with Gasteiger partial charge < -0.3 is 5.73 Å². The van der Waals surface area contributed by atoms with E-state index in [0.29, 0.717) is 12.1 Å². The van der Waals surface area contributed by atoms with Crippen molar-refractivity contribution in [1.82, 2.24) is 9.78 Å². The van der Waals surface area contributed by atoms with E-state index < -0.39 is 0 Å². The molecule has 0 saturated heterocycles. The number of rotatable bonds is 3. The lowest BCUT2D eigenvalue weighted by Gasteiger charge is -2.00. The van der Waals surface area contributed by atoms with Crippen LogP contribution in [-0.2, 0) is 7.05 Å². The maximum absolute atomic E-state index is 11.3. The van der Waals surface area contributed by atoms with Crippen LogP contribution in [0.5, 0.6) is 0 Å². The molecule has 4 nitrogen and oxygen atoms in total. The van der Waals surface area contributed by atoms with Crippen LogP contribution in [0.4, 0.5) is 0 Å². The highest BCUT2D eigenvalue weighted by Crippen LogP contribution is 2.00. The van der Waals surface area contributed by atoms with Crippen molar-refractivity contribution in [2.75, 3.05) is 0 Å².